The summed E-state index contributed by atoms with van der Waals surface area (Å²) in [6, 6.07) is 1.68. The van der Waals surface area contributed by atoms with Gasteiger partial charge in [0.25, 0.3) is 5.91 Å². The Morgan fingerprint density at radius 1 is 1.18 bits per heavy atom. The maximum atomic E-state index is 11.5. The van der Waals surface area contributed by atoms with Crippen molar-refractivity contribution in [1.82, 2.24) is 5.32 Å². The van der Waals surface area contributed by atoms with Crippen LogP contribution < -0.4 is 5.32 Å². The van der Waals surface area contributed by atoms with Gasteiger partial charge in [0.05, 0.1) is 11.8 Å². The Hall–Kier alpha value is -1.25. The predicted octanol–water partition coefficient (Wildman–Crippen LogP) is 3.76. The average Bonchev–Trinajstić information content (AvgIpc) is 2.86. The van der Waals surface area contributed by atoms with Crippen molar-refractivity contribution in [2.24, 2.45) is 0 Å². The van der Waals surface area contributed by atoms with Gasteiger partial charge in [0, 0.05) is 6.54 Å². The van der Waals surface area contributed by atoms with Gasteiger partial charge >= 0.3 is 0 Å². The van der Waals surface area contributed by atoms with Crippen molar-refractivity contribution in [3.8, 4) is 0 Å². The number of carbonyl (C=O) groups is 1. The summed E-state index contributed by atoms with van der Waals surface area (Å²) >= 11 is 0. The Balaban J connectivity index is 1.92. The molecule has 0 aliphatic rings. The summed E-state index contributed by atoms with van der Waals surface area (Å²) < 4.78 is 4.86. The van der Waals surface area contributed by atoms with Crippen LogP contribution in [-0.2, 0) is 0 Å². The van der Waals surface area contributed by atoms with E-state index in [0.717, 1.165) is 13.0 Å². The summed E-state index contributed by atoms with van der Waals surface area (Å²) in [5.74, 6) is -0.0373. The number of carbonyl (C=O) groups excluding carboxylic acids is 1. The van der Waals surface area contributed by atoms with Crippen LogP contribution in [0.3, 0.4) is 0 Å². The molecule has 1 N–H and O–H groups in total. The summed E-state index contributed by atoms with van der Waals surface area (Å²) in [6.07, 6.45) is 11.8. The number of hydrogen-bond donors (Lipinski definition) is 1. The number of rotatable bonds is 9. The maximum absolute atomic E-state index is 11.5. The van der Waals surface area contributed by atoms with Crippen LogP contribution in [-0.4, -0.2) is 12.5 Å². The molecule has 1 aromatic heterocycles. The molecule has 3 nitrogen and oxygen atoms in total. The Morgan fingerprint density at radius 3 is 2.53 bits per heavy atom. The summed E-state index contributed by atoms with van der Waals surface area (Å²) in [6.45, 7) is 2.99. The van der Waals surface area contributed by atoms with Crippen LogP contribution in [0.2, 0.25) is 0 Å². The summed E-state index contributed by atoms with van der Waals surface area (Å²) in [5, 5.41) is 2.89. The van der Waals surface area contributed by atoms with Crippen molar-refractivity contribution in [2.75, 3.05) is 6.54 Å². The molecule has 1 heterocycles. The summed E-state index contributed by atoms with van der Waals surface area (Å²) in [5.41, 5.74) is 0.605. The number of furan rings is 1. The van der Waals surface area contributed by atoms with E-state index in [0.29, 0.717) is 5.56 Å². The molecular weight excluding hydrogens is 214 g/mol. The first-order valence-corrected chi connectivity index (χ1v) is 6.65. The van der Waals surface area contributed by atoms with Gasteiger partial charge in [-0.15, -0.1) is 0 Å². The number of nitrogens with one attached hydrogen (secondary N) is 1. The molecule has 0 unspecified atom stereocenters. The van der Waals surface area contributed by atoms with Crippen LogP contribution in [0, 0.1) is 0 Å². The molecule has 17 heavy (non-hydrogen) atoms. The van der Waals surface area contributed by atoms with Crippen molar-refractivity contribution in [3.05, 3.63) is 24.2 Å². The van der Waals surface area contributed by atoms with Crippen molar-refractivity contribution in [1.29, 1.82) is 0 Å². The lowest BCUT2D eigenvalue weighted by Crippen LogP contribution is -2.23. The number of hydrogen-bond acceptors (Lipinski definition) is 2. The van der Waals surface area contributed by atoms with Gasteiger partial charge in [-0.05, 0) is 12.5 Å². The predicted molar refractivity (Wildman–Crippen MR) is 69.0 cm³/mol. The molecule has 0 aromatic carbocycles. The third-order valence-corrected chi connectivity index (χ3v) is 2.85. The van der Waals surface area contributed by atoms with E-state index in [1.54, 1.807) is 6.07 Å². The molecular formula is C14H23NO2. The van der Waals surface area contributed by atoms with Gasteiger partial charge in [-0.25, -0.2) is 0 Å². The Bertz CT molecular complexity index is 293. The van der Waals surface area contributed by atoms with E-state index in [4.69, 9.17) is 4.42 Å². The summed E-state index contributed by atoms with van der Waals surface area (Å²) in [7, 11) is 0. The van der Waals surface area contributed by atoms with Gasteiger partial charge in [0.2, 0.25) is 0 Å². The van der Waals surface area contributed by atoms with E-state index in [9.17, 15) is 4.79 Å². The highest BCUT2D eigenvalue weighted by molar-refractivity contribution is 5.93. The second-order valence-corrected chi connectivity index (χ2v) is 4.39. The lowest BCUT2D eigenvalue weighted by Gasteiger charge is -2.03. The largest absolute Gasteiger partial charge is 0.472 e. The molecule has 0 fully saturated rings. The van der Waals surface area contributed by atoms with Crippen LogP contribution in [0.25, 0.3) is 0 Å². The fourth-order valence-electron chi connectivity index (χ4n) is 1.78. The van der Waals surface area contributed by atoms with Gasteiger partial charge in [-0.2, -0.15) is 0 Å². The minimum atomic E-state index is -0.0373. The molecule has 0 spiro atoms. The third kappa shape index (κ3) is 6.15. The van der Waals surface area contributed by atoms with Crippen LogP contribution in [0.15, 0.2) is 23.0 Å². The number of amides is 1. The van der Waals surface area contributed by atoms with Crippen molar-refractivity contribution in [3.63, 3.8) is 0 Å². The second kappa shape index (κ2) is 8.85. The summed E-state index contributed by atoms with van der Waals surface area (Å²) in [4.78, 5) is 11.5. The zero-order valence-corrected chi connectivity index (χ0v) is 10.7. The topological polar surface area (TPSA) is 42.2 Å². The lowest BCUT2D eigenvalue weighted by molar-refractivity contribution is 0.0952. The highest BCUT2D eigenvalue weighted by Crippen LogP contribution is 2.06. The number of unbranched alkanes of at least 4 members (excludes halogenated alkanes) is 6. The van der Waals surface area contributed by atoms with Crippen molar-refractivity contribution in [2.45, 2.75) is 51.9 Å². The fraction of sp³-hybridized carbons (Fsp3) is 0.643. The van der Waals surface area contributed by atoms with Crippen molar-refractivity contribution >= 4 is 5.91 Å². The van der Waals surface area contributed by atoms with E-state index in [-0.39, 0.29) is 5.91 Å². The lowest BCUT2D eigenvalue weighted by atomic mass is 10.1. The van der Waals surface area contributed by atoms with Crippen LogP contribution >= 0.6 is 0 Å². The second-order valence-electron chi connectivity index (χ2n) is 4.39. The molecule has 0 atom stereocenters. The molecule has 3 heteroatoms. The Morgan fingerprint density at radius 2 is 1.88 bits per heavy atom. The molecule has 96 valence electrons. The highest BCUT2D eigenvalue weighted by Gasteiger charge is 2.04. The van der Waals surface area contributed by atoms with Crippen LogP contribution in [0.5, 0.6) is 0 Å². The Labute approximate surface area is 104 Å². The van der Waals surface area contributed by atoms with E-state index in [2.05, 4.69) is 12.2 Å². The molecule has 1 aromatic rings. The van der Waals surface area contributed by atoms with Gasteiger partial charge < -0.3 is 9.73 Å². The molecule has 1 amide bonds. The minimum absolute atomic E-state index is 0.0373. The first kappa shape index (κ1) is 13.8. The molecule has 0 saturated heterocycles. The van der Waals surface area contributed by atoms with Gasteiger partial charge in [0.1, 0.15) is 6.26 Å². The van der Waals surface area contributed by atoms with Gasteiger partial charge in [0.15, 0.2) is 0 Å². The fourth-order valence-corrected chi connectivity index (χ4v) is 1.78. The first-order valence-electron chi connectivity index (χ1n) is 6.65. The van der Waals surface area contributed by atoms with Gasteiger partial charge in [-0.3, -0.25) is 4.79 Å². The zero-order chi connectivity index (χ0) is 12.3. The molecule has 0 radical (unpaired) electrons. The smallest absolute Gasteiger partial charge is 0.254 e. The molecule has 0 bridgehead atoms. The highest BCUT2D eigenvalue weighted by atomic mass is 16.3. The van der Waals surface area contributed by atoms with Gasteiger partial charge in [-0.1, -0.05) is 45.4 Å². The Kier molecular flexibility index (Phi) is 7.19. The van der Waals surface area contributed by atoms with E-state index < -0.39 is 0 Å². The van der Waals surface area contributed by atoms with Crippen molar-refractivity contribution < 1.29 is 9.21 Å². The van der Waals surface area contributed by atoms with E-state index in [1.165, 1.54) is 51.1 Å². The van der Waals surface area contributed by atoms with Crippen LogP contribution in [0.1, 0.15) is 62.2 Å². The zero-order valence-electron chi connectivity index (χ0n) is 10.7. The molecule has 0 aliphatic carbocycles. The van der Waals surface area contributed by atoms with Crippen LogP contribution in [0.4, 0.5) is 0 Å². The third-order valence-electron chi connectivity index (χ3n) is 2.85. The van der Waals surface area contributed by atoms with E-state index >= 15 is 0 Å². The first-order chi connectivity index (χ1) is 8.34. The van der Waals surface area contributed by atoms with E-state index in [1.807, 2.05) is 0 Å². The SMILES string of the molecule is CCCCCCCCCNC(=O)c1ccoc1. The molecule has 0 saturated carbocycles. The standard InChI is InChI=1S/C14H23NO2/c1-2-3-4-5-6-7-8-10-15-14(16)13-9-11-17-12-13/h9,11-12H,2-8,10H2,1H3,(H,15,16). The monoisotopic (exact) mass is 237 g/mol. The average molecular weight is 237 g/mol. The minimum Gasteiger partial charge on any atom is -0.472 e. The maximum Gasteiger partial charge on any atom is 0.254 e. The molecule has 1 rings (SSSR count). The normalized spacial score (nSPS) is 10.4. The quantitative estimate of drug-likeness (QED) is 0.664. The molecule has 0 aliphatic heterocycles.